The van der Waals surface area contributed by atoms with Crippen molar-refractivity contribution in [3.8, 4) is 0 Å². The van der Waals surface area contributed by atoms with Crippen LogP contribution in [0.25, 0.3) is 0 Å². The number of hydrogen-bond donors (Lipinski definition) is 3. The molecule has 1 aromatic carbocycles. The van der Waals surface area contributed by atoms with Crippen molar-refractivity contribution in [3.63, 3.8) is 0 Å². The Balaban J connectivity index is 0.00000225. The van der Waals surface area contributed by atoms with Crippen LogP contribution in [0.2, 0.25) is 0 Å². The van der Waals surface area contributed by atoms with Gasteiger partial charge >= 0.3 is 0 Å². The van der Waals surface area contributed by atoms with E-state index in [2.05, 4.69) is 26.0 Å². The highest BCUT2D eigenvalue weighted by molar-refractivity contribution is 5.93. The van der Waals surface area contributed by atoms with Crippen LogP contribution in [0.3, 0.4) is 0 Å². The van der Waals surface area contributed by atoms with Crippen molar-refractivity contribution in [3.05, 3.63) is 42.2 Å². The van der Waals surface area contributed by atoms with Crippen LogP contribution in [0.1, 0.15) is 18.4 Å². The first-order valence-corrected chi connectivity index (χ1v) is 7.95. The Labute approximate surface area is 151 Å². The van der Waals surface area contributed by atoms with Crippen LogP contribution < -0.4 is 16.0 Å². The molecule has 1 unspecified atom stereocenters. The summed E-state index contributed by atoms with van der Waals surface area (Å²) in [5.74, 6) is -0.0950. The number of amides is 2. The Morgan fingerprint density at radius 3 is 2.80 bits per heavy atom. The number of halogens is 1. The first kappa shape index (κ1) is 18.9. The minimum Gasteiger partial charge on any atom is -0.350 e. The van der Waals surface area contributed by atoms with Gasteiger partial charge in [0.25, 0.3) is 0 Å². The molecule has 25 heavy (non-hydrogen) atoms. The molecule has 134 valence electrons. The number of carbonyl (C=O) groups is 2. The Morgan fingerprint density at radius 1 is 1.28 bits per heavy atom. The Kier molecular flexibility index (Phi) is 6.91. The molecule has 1 atom stereocenters. The molecule has 0 aliphatic carbocycles. The Morgan fingerprint density at radius 2 is 2.08 bits per heavy atom. The quantitative estimate of drug-likeness (QED) is 0.700. The second kappa shape index (κ2) is 9.14. The lowest BCUT2D eigenvalue weighted by atomic mass is 10.2. The monoisotopic (exact) mass is 364 g/mol. The van der Waals surface area contributed by atoms with E-state index in [1.807, 2.05) is 30.3 Å². The summed E-state index contributed by atoms with van der Waals surface area (Å²) >= 11 is 0. The summed E-state index contributed by atoms with van der Waals surface area (Å²) in [6, 6.07) is 9.48. The third-order valence-corrected chi connectivity index (χ3v) is 3.79. The van der Waals surface area contributed by atoms with Crippen LogP contribution >= 0.6 is 12.4 Å². The van der Waals surface area contributed by atoms with Gasteiger partial charge in [-0.15, -0.1) is 17.5 Å². The molecular weight excluding hydrogens is 344 g/mol. The summed E-state index contributed by atoms with van der Waals surface area (Å²) < 4.78 is 1.40. The van der Waals surface area contributed by atoms with E-state index < -0.39 is 0 Å². The molecule has 8 nitrogen and oxygen atoms in total. The van der Waals surface area contributed by atoms with E-state index in [9.17, 15) is 9.59 Å². The number of carbonyl (C=O) groups excluding carboxylic acids is 2. The van der Waals surface area contributed by atoms with Gasteiger partial charge in [-0.1, -0.05) is 30.3 Å². The van der Waals surface area contributed by atoms with Crippen molar-refractivity contribution < 1.29 is 9.59 Å². The molecule has 0 radical (unpaired) electrons. The summed E-state index contributed by atoms with van der Waals surface area (Å²) in [7, 11) is 0. The molecule has 0 spiro atoms. The molecule has 3 N–H and O–H groups in total. The maximum atomic E-state index is 12.0. The fraction of sp³-hybridized carbons (Fsp3) is 0.375. The van der Waals surface area contributed by atoms with Crippen LogP contribution in [0.4, 0.5) is 5.95 Å². The Bertz CT molecular complexity index is 700. The average Bonchev–Trinajstić information content (AvgIpc) is 3.26. The summed E-state index contributed by atoms with van der Waals surface area (Å²) in [6.07, 6.45) is 3.23. The van der Waals surface area contributed by atoms with Crippen molar-refractivity contribution in [2.45, 2.75) is 32.0 Å². The first-order valence-electron chi connectivity index (χ1n) is 7.95. The van der Waals surface area contributed by atoms with Gasteiger partial charge in [0.1, 0.15) is 12.9 Å². The molecule has 1 aromatic heterocycles. The lowest BCUT2D eigenvalue weighted by Crippen LogP contribution is -2.35. The highest BCUT2D eigenvalue weighted by atomic mass is 35.5. The molecule has 3 rings (SSSR count). The van der Waals surface area contributed by atoms with E-state index >= 15 is 0 Å². The average molecular weight is 365 g/mol. The van der Waals surface area contributed by atoms with E-state index in [0.29, 0.717) is 6.54 Å². The highest BCUT2D eigenvalue weighted by Crippen LogP contribution is 2.07. The molecule has 0 bridgehead atoms. The molecule has 9 heteroatoms. The number of rotatable bonds is 6. The third-order valence-electron chi connectivity index (χ3n) is 3.79. The zero-order valence-electron chi connectivity index (χ0n) is 13.6. The predicted molar refractivity (Wildman–Crippen MR) is 95.2 cm³/mol. The predicted octanol–water partition coefficient (Wildman–Crippen LogP) is 0.707. The smallest absolute Gasteiger partial charge is 0.248 e. The lowest BCUT2D eigenvalue weighted by molar-refractivity contribution is -0.122. The van der Waals surface area contributed by atoms with Gasteiger partial charge in [-0.3, -0.25) is 14.9 Å². The summed E-state index contributed by atoms with van der Waals surface area (Å²) in [5.41, 5.74) is 1.03. The number of nitrogens with one attached hydrogen (secondary N) is 3. The maximum Gasteiger partial charge on any atom is 0.248 e. The van der Waals surface area contributed by atoms with Gasteiger partial charge in [-0.05, 0) is 24.9 Å². The van der Waals surface area contributed by atoms with E-state index in [0.717, 1.165) is 24.9 Å². The fourth-order valence-electron chi connectivity index (χ4n) is 2.53. The van der Waals surface area contributed by atoms with Crippen molar-refractivity contribution in [1.82, 2.24) is 25.4 Å². The lowest BCUT2D eigenvalue weighted by Gasteiger charge is -2.08. The zero-order chi connectivity index (χ0) is 16.8. The number of aromatic nitrogens is 3. The van der Waals surface area contributed by atoms with Crippen LogP contribution in [0, 0.1) is 0 Å². The molecule has 0 saturated carbocycles. The van der Waals surface area contributed by atoms with E-state index in [1.54, 1.807) is 0 Å². The Hall–Kier alpha value is -2.45. The summed E-state index contributed by atoms with van der Waals surface area (Å²) in [5, 5.41) is 12.7. The van der Waals surface area contributed by atoms with Gasteiger partial charge < -0.3 is 10.6 Å². The highest BCUT2D eigenvalue weighted by Gasteiger charge is 2.22. The molecule has 1 saturated heterocycles. The second-order valence-corrected chi connectivity index (χ2v) is 5.67. The molecule has 1 aliphatic heterocycles. The topological polar surface area (TPSA) is 101 Å². The minimum atomic E-state index is -0.189. The van der Waals surface area contributed by atoms with Gasteiger partial charge in [0.05, 0.1) is 6.04 Å². The van der Waals surface area contributed by atoms with Gasteiger partial charge in [-0.2, -0.15) is 0 Å². The van der Waals surface area contributed by atoms with Crippen LogP contribution in [0.15, 0.2) is 36.7 Å². The fourth-order valence-corrected chi connectivity index (χ4v) is 2.53. The van der Waals surface area contributed by atoms with Crippen molar-refractivity contribution in [2.24, 2.45) is 0 Å². The van der Waals surface area contributed by atoms with E-state index in [1.165, 1.54) is 11.0 Å². The largest absolute Gasteiger partial charge is 0.350 e. The maximum absolute atomic E-state index is 12.0. The summed E-state index contributed by atoms with van der Waals surface area (Å²) in [4.78, 5) is 27.9. The molecule has 2 heterocycles. The van der Waals surface area contributed by atoms with Crippen molar-refractivity contribution in [1.29, 1.82) is 0 Å². The molecular formula is C16H21ClN6O2. The van der Waals surface area contributed by atoms with Crippen LogP contribution in [-0.2, 0) is 22.7 Å². The number of hydrogen-bond acceptors (Lipinski definition) is 5. The number of anilines is 1. The third kappa shape index (κ3) is 5.54. The van der Waals surface area contributed by atoms with Crippen molar-refractivity contribution >= 4 is 30.2 Å². The van der Waals surface area contributed by atoms with Gasteiger partial charge in [0, 0.05) is 6.54 Å². The first-order chi connectivity index (χ1) is 11.7. The molecule has 1 fully saturated rings. The minimum absolute atomic E-state index is 0. The van der Waals surface area contributed by atoms with Gasteiger partial charge in [0.2, 0.25) is 17.8 Å². The SMILES string of the molecule is Cl.O=C(Cn1cnc(NC(=O)C2CCCN2)n1)NCc1ccccc1. The summed E-state index contributed by atoms with van der Waals surface area (Å²) in [6.45, 7) is 1.37. The van der Waals surface area contributed by atoms with E-state index in [4.69, 9.17) is 0 Å². The molecule has 1 aliphatic rings. The normalized spacial score (nSPS) is 16.1. The van der Waals surface area contributed by atoms with E-state index in [-0.39, 0.29) is 42.8 Å². The van der Waals surface area contributed by atoms with Gasteiger partial charge in [0.15, 0.2) is 0 Å². The number of nitrogens with zero attached hydrogens (tertiary/aromatic N) is 3. The molecule has 2 aromatic rings. The van der Waals surface area contributed by atoms with Crippen LogP contribution in [-0.4, -0.2) is 39.2 Å². The van der Waals surface area contributed by atoms with Crippen LogP contribution in [0.5, 0.6) is 0 Å². The standard InChI is InChI=1S/C16H20N6O2.ClH/c23-14(18-9-12-5-2-1-3-6-12)10-22-11-19-16(21-22)20-15(24)13-7-4-8-17-13;/h1-3,5-6,11,13,17H,4,7-10H2,(H,18,23)(H,20,21,24);1H. The number of benzene rings is 1. The van der Waals surface area contributed by atoms with Gasteiger partial charge in [-0.25, -0.2) is 9.67 Å². The molecule has 2 amide bonds. The second-order valence-electron chi connectivity index (χ2n) is 5.67. The van der Waals surface area contributed by atoms with Crippen molar-refractivity contribution in [2.75, 3.05) is 11.9 Å². The zero-order valence-corrected chi connectivity index (χ0v) is 14.5.